The highest BCUT2D eigenvalue weighted by Gasteiger charge is 2.31. The Bertz CT molecular complexity index is 494. The van der Waals surface area contributed by atoms with E-state index in [2.05, 4.69) is 6.92 Å². The summed E-state index contributed by atoms with van der Waals surface area (Å²) in [5.74, 6) is 0.635. The highest BCUT2D eigenvalue weighted by Crippen LogP contribution is 2.33. The molecule has 1 aliphatic heterocycles. The second-order valence-electron chi connectivity index (χ2n) is 5.01. The van der Waals surface area contributed by atoms with Crippen molar-refractivity contribution in [3.05, 3.63) is 29.3 Å². The summed E-state index contributed by atoms with van der Waals surface area (Å²) in [6.07, 6.45) is -2.39. The average Bonchev–Trinajstić information content (AvgIpc) is 2.38. The van der Waals surface area contributed by atoms with Gasteiger partial charge in [0.1, 0.15) is 6.07 Å². The van der Waals surface area contributed by atoms with Gasteiger partial charge in [-0.2, -0.15) is 18.4 Å². The number of benzene rings is 1. The van der Waals surface area contributed by atoms with Crippen LogP contribution in [0.1, 0.15) is 30.9 Å². The van der Waals surface area contributed by atoms with Gasteiger partial charge in [0.15, 0.2) is 0 Å². The molecule has 0 radical (unpaired) electrons. The van der Waals surface area contributed by atoms with Crippen LogP contribution in [0.25, 0.3) is 0 Å². The quantitative estimate of drug-likeness (QED) is 0.774. The number of alkyl halides is 3. The molecule has 0 N–H and O–H groups in total. The topological polar surface area (TPSA) is 27.0 Å². The van der Waals surface area contributed by atoms with Gasteiger partial charge in [-0.15, -0.1) is 0 Å². The third-order valence-corrected chi connectivity index (χ3v) is 3.57. The van der Waals surface area contributed by atoms with Crippen LogP contribution < -0.4 is 4.90 Å². The Hall–Kier alpha value is -1.70. The molecule has 0 amide bonds. The van der Waals surface area contributed by atoms with E-state index in [1.807, 2.05) is 11.0 Å². The number of hydrogen-bond donors (Lipinski definition) is 0. The van der Waals surface area contributed by atoms with Gasteiger partial charge in [-0.3, -0.25) is 0 Å². The van der Waals surface area contributed by atoms with Crippen LogP contribution in [0.3, 0.4) is 0 Å². The Kier molecular flexibility index (Phi) is 3.70. The van der Waals surface area contributed by atoms with Crippen LogP contribution in [0.5, 0.6) is 0 Å². The van der Waals surface area contributed by atoms with Crippen molar-refractivity contribution < 1.29 is 13.2 Å². The summed E-state index contributed by atoms with van der Waals surface area (Å²) in [6.45, 7) is 3.75. The molecular weight excluding hydrogens is 253 g/mol. The zero-order valence-corrected chi connectivity index (χ0v) is 10.7. The van der Waals surface area contributed by atoms with Crippen LogP contribution in [0.4, 0.5) is 18.9 Å². The number of hydrogen-bond acceptors (Lipinski definition) is 2. The van der Waals surface area contributed by atoms with Crippen LogP contribution in [0, 0.1) is 17.2 Å². The SMILES string of the molecule is CC1CCN(c2ccc(C(F)(F)F)cc2C#N)CC1. The average molecular weight is 268 g/mol. The third kappa shape index (κ3) is 3.01. The summed E-state index contributed by atoms with van der Waals surface area (Å²) in [5.41, 5.74) is -0.0510. The minimum atomic E-state index is -4.40. The molecule has 0 unspecified atom stereocenters. The van der Waals surface area contributed by atoms with Gasteiger partial charge < -0.3 is 4.90 Å². The van der Waals surface area contributed by atoms with E-state index in [4.69, 9.17) is 5.26 Å². The van der Waals surface area contributed by atoms with Crippen LogP contribution in [0.15, 0.2) is 18.2 Å². The fraction of sp³-hybridized carbons (Fsp3) is 0.500. The van der Waals surface area contributed by atoms with Crippen molar-refractivity contribution in [2.45, 2.75) is 25.9 Å². The van der Waals surface area contributed by atoms with E-state index in [9.17, 15) is 13.2 Å². The Morgan fingerprint density at radius 1 is 1.26 bits per heavy atom. The maximum absolute atomic E-state index is 12.6. The Balaban J connectivity index is 2.29. The summed E-state index contributed by atoms with van der Waals surface area (Å²) in [4.78, 5) is 2.00. The number of nitriles is 1. The highest BCUT2D eigenvalue weighted by molar-refractivity contribution is 5.61. The first-order valence-electron chi connectivity index (χ1n) is 6.28. The van der Waals surface area contributed by atoms with Crippen molar-refractivity contribution >= 4 is 5.69 Å². The van der Waals surface area contributed by atoms with Crippen molar-refractivity contribution in [2.75, 3.05) is 18.0 Å². The lowest BCUT2D eigenvalue weighted by Gasteiger charge is -2.32. The Morgan fingerprint density at radius 3 is 2.42 bits per heavy atom. The number of rotatable bonds is 1. The van der Waals surface area contributed by atoms with Gasteiger partial charge in [-0.05, 0) is 37.0 Å². The first-order chi connectivity index (χ1) is 8.91. The predicted molar refractivity (Wildman–Crippen MR) is 66.8 cm³/mol. The van der Waals surface area contributed by atoms with Gasteiger partial charge in [0.2, 0.25) is 0 Å². The smallest absolute Gasteiger partial charge is 0.370 e. The lowest BCUT2D eigenvalue weighted by atomic mass is 9.97. The second kappa shape index (κ2) is 5.12. The molecule has 0 aromatic heterocycles. The summed E-state index contributed by atoms with van der Waals surface area (Å²) in [7, 11) is 0. The van der Waals surface area contributed by atoms with E-state index >= 15 is 0 Å². The second-order valence-corrected chi connectivity index (χ2v) is 5.01. The first kappa shape index (κ1) is 13.7. The highest BCUT2D eigenvalue weighted by atomic mass is 19.4. The maximum atomic E-state index is 12.6. The molecule has 2 rings (SSSR count). The lowest BCUT2D eigenvalue weighted by molar-refractivity contribution is -0.137. The summed E-state index contributed by atoms with van der Waals surface area (Å²) in [6, 6.07) is 5.28. The minimum absolute atomic E-state index is 0.101. The fourth-order valence-corrected chi connectivity index (χ4v) is 2.33. The van der Waals surface area contributed by atoms with Gasteiger partial charge in [0, 0.05) is 13.1 Å². The zero-order valence-electron chi connectivity index (χ0n) is 10.7. The van der Waals surface area contributed by atoms with Gasteiger partial charge in [-0.25, -0.2) is 0 Å². The molecule has 1 fully saturated rings. The van der Waals surface area contributed by atoms with Crippen LogP contribution >= 0.6 is 0 Å². The molecule has 2 nitrogen and oxygen atoms in total. The van der Waals surface area contributed by atoms with Crippen molar-refractivity contribution in [3.8, 4) is 6.07 Å². The minimum Gasteiger partial charge on any atom is -0.370 e. The molecule has 1 aromatic carbocycles. The van der Waals surface area contributed by atoms with E-state index < -0.39 is 11.7 Å². The lowest BCUT2D eigenvalue weighted by Crippen LogP contribution is -2.33. The summed E-state index contributed by atoms with van der Waals surface area (Å²) < 4.78 is 37.8. The molecule has 0 saturated carbocycles. The molecule has 0 bridgehead atoms. The van der Waals surface area contributed by atoms with E-state index in [0.717, 1.165) is 38.1 Å². The number of nitrogens with zero attached hydrogens (tertiary/aromatic N) is 2. The van der Waals surface area contributed by atoms with Crippen LogP contribution in [-0.2, 0) is 6.18 Å². The summed E-state index contributed by atoms with van der Waals surface area (Å²) in [5, 5.41) is 9.05. The van der Waals surface area contributed by atoms with Crippen molar-refractivity contribution in [1.29, 1.82) is 5.26 Å². The van der Waals surface area contributed by atoms with E-state index in [1.165, 1.54) is 6.07 Å². The van der Waals surface area contributed by atoms with Gasteiger partial charge in [0.05, 0.1) is 16.8 Å². The Labute approximate surface area is 110 Å². The number of halogens is 3. The van der Waals surface area contributed by atoms with Crippen LogP contribution in [0.2, 0.25) is 0 Å². The number of anilines is 1. The van der Waals surface area contributed by atoms with E-state index in [1.54, 1.807) is 0 Å². The van der Waals surface area contributed by atoms with Crippen molar-refractivity contribution in [1.82, 2.24) is 0 Å². The van der Waals surface area contributed by atoms with Crippen molar-refractivity contribution in [2.24, 2.45) is 5.92 Å². The monoisotopic (exact) mass is 268 g/mol. The van der Waals surface area contributed by atoms with Gasteiger partial charge >= 0.3 is 6.18 Å². The van der Waals surface area contributed by atoms with Crippen LogP contribution in [-0.4, -0.2) is 13.1 Å². The molecular formula is C14H15F3N2. The molecule has 19 heavy (non-hydrogen) atoms. The third-order valence-electron chi connectivity index (χ3n) is 3.57. The zero-order chi connectivity index (χ0) is 14.0. The predicted octanol–water partition coefficient (Wildman–Crippen LogP) is 3.81. The molecule has 0 aliphatic carbocycles. The molecule has 0 atom stereocenters. The van der Waals surface area contributed by atoms with Gasteiger partial charge in [0.25, 0.3) is 0 Å². The molecule has 0 spiro atoms. The van der Waals surface area contributed by atoms with Gasteiger partial charge in [-0.1, -0.05) is 6.92 Å². The normalized spacial score (nSPS) is 17.3. The van der Waals surface area contributed by atoms with E-state index in [0.29, 0.717) is 11.6 Å². The fourth-order valence-electron chi connectivity index (χ4n) is 2.33. The molecule has 1 aromatic rings. The molecule has 1 aliphatic rings. The van der Waals surface area contributed by atoms with Crippen molar-refractivity contribution in [3.63, 3.8) is 0 Å². The largest absolute Gasteiger partial charge is 0.416 e. The Morgan fingerprint density at radius 2 is 1.89 bits per heavy atom. The molecule has 1 heterocycles. The first-order valence-corrected chi connectivity index (χ1v) is 6.28. The number of piperidine rings is 1. The summed E-state index contributed by atoms with van der Waals surface area (Å²) >= 11 is 0. The molecule has 1 saturated heterocycles. The maximum Gasteiger partial charge on any atom is 0.416 e. The molecule has 102 valence electrons. The van der Waals surface area contributed by atoms with E-state index in [-0.39, 0.29) is 5.56 Å². The standard InChI is InChI=1S/C14H15F3N2/c1-10-4-6-19(7-5-10)13-3-2-12(14(15,16)17)8-11(13)9-18/h2-3,8,10H,4-7H2,1H3. The molecule has 5 heteroatoms.